The highest BCUT2D eigenvalue weighted by atomic mass is 35.5. The van der Waals surface area contributed by atoms with E-state index in [2.05, 4.69) is 22.4 Å². The van der Waals surface area contributed by atoms with Gasteiger partial charge >= 0.3 is 0 Å². The highest BCUT2D eigenvalue weighted by Gasteiger charge is 2.27. The van der Waals surface area contributed by atoms with Crippen LogP contribution < -0.4 is 21.7 Å². The summed E-state index contributed by atoms with van der Waals surface area (Å²) in [5.41, 5.74) is 12.7. The van der Waals surface area contributed by atoms with Gasteiger partial charge in [-0.05, 0) is 17.5 Å². The van der Waals surface area contributed by atoms with Crippen LogP contribution in [0.25, 0.3) is 0 Å². The number of nitrogens with zero attached hydrogens (tertiary/aromatic N) is 4. The molecule has 0 saturated heterocycles. The Morgan fingerprint density at radius 2 is 1.85 bits per heavy atom. The van der Waals surface area contributed by atoms with Gasteiger partial charge in [0.2, 0.25) is 11.8 Å². The molecule has 1 aromatic heterocycles. The quantitative estimate of drug-likeness (QED) is 0.426. The number of carbonyl (C=O) groups excluding carboxylic acids is 2. The van der Waals surface area contributed by atoms with Crippen LogP contribution in [0.15, 0.2) is 35.4 Å². The molecule has 1 heterocycles. The lowest BCUT2D eigenvalue weighted by molar-refractivity contribution is -0.119. The third kappa shape index (κ3) is 6.83. The molecule has 174 valence electrons. The number of benzene rings is 1. The fourth-order valence-corrected chi connectivity index (χ4v) is 4.19. The van der Waals surface area contributed by atoms with E-state index in [0.717, 1.165) is 11.8 Å². The number of thioether (sulfide) groups is 1. The third-order valence-corrected chi connectivity index (χ3v) is 5.88. The smallest absolute Gasteiger partial charge is 0.239 e. The SMILES string of the molecule is CCc1c(C#N)c(SC(C(N)=O)c2ccccc2)nc(N(C)CC(=O)NCCN)c1C#N.Cl. The number of pyridine rings is 1. The molecule has 0 fully saturated rings. The lowest BCUT2D eigenvalue weighted by atomic mass is 10.0. The maximum absolute atomic E-state index is 12.2. The van der Waals surface area contributed by atoms with Crippen LogP contribution in [0.5, 0.6) is 0 Å². The van der Waals surface area contributed by atoms with Gasteiger partial charge < -0.3 is 21.7 Å². The van der Waals surface area contributed by atoms with Crippen molar-refractivity contribution in [3.05, 3.63) is 52.6 Å². The molecule has 0 aliphatic rings. The molecule has 0 aliphatic carbocycles. The summed E-state index contributed by atoms with van der Waals surface area (Å²) < 4.78 is 0. The van der Waals surface area contributed by atoms with Crippen LogP contribution in [-0.2, 0) is 16.0 Å². The van der Waals surface area contributed by atoms with Gasteiger partial charge in [0.25, 0.3) is 0 Å². The molecule has 1 atom stereocenters. The molecule has 11 heteroatoms. The van der Waals surface area contributed by atoms with E-state index in [0.29, 0.717) is 30.6 Å². The second-order valence-electron chi connectivity index (χ2n) is 6.85. The van der Waals surface area contributed by atoms with Gasteiger partial charge in [-0.1, -0.05) is 49.0 Å². The second kappa shape index (κ2) is 13.3. The molecular formula is C22H26ClN7O2S. The van der Waals surface area contributed by atoms with Gasteiger partial charge in [0, 0.05) is 20.1 Å². The van der Waals surface area contributed by atoms with Crippen LogP contribution in [0.4, 0.5) is 5.82 Å². The summed E-state index contributed by atoms with van der Waals surface area (Å²) >= 11 is 1.05. The summed E-state index contributed by atoms with van der Waals surface area (Å²) in [5, 5.41) is 21.8. The van der Waals surface area contributed by atoms with Crippen molar-refractivity contribution in [1.82, 2.24) is 10.3 Å². The molecular weight excluding hydrogens is 462 g/mol. The van der Waals surface area contributed by atoms with Crippen LogP contribution in [0, 0.1) is 22.7 Å². The molecule has 2 amide bonds. The number of hydrogen-bond donors (Lipinski definition) is 3. The molecule has 0 radical (unpaired) electrons. The van der Waals surface area contributed by atoms with Crippen molar-refractivity contribution in [2.24, 2.45) is 11.5 Å². The van der Waals surface area contributed by atoms with Gasteiger partial charge in [0.05, 0.1) is 17.7 Å². The number of aromatic nitrogens is 1. The molecule has 9 nitrogen and oxygen atoms in total. The average Bonchev–Trinajstić information content (AvgIpc) is 2.80. The van der Waals surface area contributed by atoms with Crippen molar-refractivity contribution in [2.45, 2.75) is 23.6 Å². The zero-order valence-electron chi connectivity index (χ0n) is 18.4. The van der Waals surface area contributed by atoms with E-state index in [1.165, 1.54) is 4.90 Å². The van der Waals surface area contributed by atoms with E-state index in [-0.39, 0.29) is 46.8 Å². The van der Waals surface area contributed by atoms with Crippen LogP contribution in [0.3, 0.4) is 0 Å². The monoisotopic (exact) mass is 487 g/mol. The normalized spacial score (nSPS) is 10.8. The van der Waals surface area contributed by atoms with E-state index in [9.17, 15) is 20.1 Å². The minimum absolute atomic E-state index is 0. The molecule has 2 rings (SSSR count). The Bertz CT molecular complexity index is 1070. The first-order valence-electron chi connectivity index (χ1n) is 9.93. The van der Waals surface area contributed by atoms with E-state index in [1.54, 1.807) is 31.3 Å². The van der Waals surface area contributed by atoms with Gasteiger partial charge in [-0.15, -0.1) is 12.4 Å². The Labute approximate surface area is 203 Å². The minimum atomic E-state index is -0.778. The van der Waals surface area contributed by atoms with Crippen molar-refractivity contribution >= 4 is 41.8 Å². The molecule has 0 aliphatic heterocycles. The van der Waals surface area contributed by atoms with E-state index in [4.69, 9.17) is 11.5 Å². The fourth-order valence-electron chi connectivity index (χ4n) is 3.13. The number of primary amides is 1. The summed E-state index contributed by atoms with van der Waals surface area (Å²) in [6.07, 6.45) is 0.397. The highest BCUT2D eigenvalue weighted by Crippen LogP contribution is 2.39. The first-order chi connectivity index (χ1) is 15.4. The van der Waals surface area contributed by atoms with Gasteiger partial charge in [-0.2, -0.15) is 10.5 Å². The molecule has 33 heavy (non-hydrogen) atoms. The lowest BCUT2D eigenvalue weighted by Gasteiger charge is -2.23. The zero-order valence-corrected chi connectivity index (χ0v) is 20.0. The number of anilines is 1. The topological polar surface area (TPSA) is 162 Å². The highest BCUT2D eigenvalue weighted by molar-refractivity contribution is 8.00. The Hall–Kier alpha value is -3.31. The maximum atomic E-state index is 12.2. The van der Waals surface area contributed by atoms with Crippen LogP contribution >= 0.6 is 24.2 Å². The van der Waals surface area contributed by atoms with Gasteiger partial charge in [0.15, 0.2) is 0 Å². The van der Waals surface area contributed by atoms with E-state index in [1.807, 2.05) is 13.0 Å². The summed E-state index contributed by atoms with van der Waals surface area (Å²) in [5.74, 6) is -0.602. The van der Waals surface area contributed by atoms with Gasteiger partial charge in [-0.25, -0.2) is 4.98 Å². The Morgan fingerprint density at radius 1 is 1.21 bits per heavy atom. The minimum Gasteiger partial charge on any atom is -0.368 e. The third-order valence-electron chi connectivity index (χ3n) is 4.62. The standard InChI is InChI=1S/C22H25N7O2S.ClH/c1-3-15-16(11-24)21(29(2)13-18(30)27-10-9-23)28-22(17(15)12-25)32-19(20(26)31)14-7-5-4-6-8-14;/h4-8,19H,3,9-10,13,23H2,1-2H3,(H2,26,31)(H,27,30);1H. The van der Waals surface area contributed by atoms with Crippen molar-refractivity contribution < 1.29 is 9.59 Å². The Balaban J connectivity index is 0.00000544. The lowest BCUT2D eigenvalue weighted by Crippen LogP contribution is -2.38. The van der Waals surface area contributed by atoms with Crippen LogP contribution in [0.1, 0.15) is 34.4 Å². The number of carbonyl (C=O) groups is 2. The number of nitriles is 2. The summed E-state index contributed by atoms with van der Waals surface area (Å²) in [6, 6.07) is 13.2. The summed E-state index contributed by atoms with van der Waals surface area (Å²) in [6.45, 7) is 2.41. The number of likely N-dealkylation sites (N-methyl/N-ethyl adjacent to an activating group) is 1. The first kappa shape index (κ1) is 27.7. The molecule has 2 aromatic rings. The fraction of sp³-hybridized carbons (Fsp3) is 0.318. The number of hydrogen-bond acceptors (Lipinski definition) is 8. The number of nitrogens with one attached hydrogen (secondary N) is 1. The Kier molecular flexibility index (Phi) is 11.2. The van der Waals surface area contributed by atoms with Crippen LogP contribution in [0.2, 0.25) is 0 Å². The number of nitrogens with two attached hydrogens (primary N) is 2. The molecule has 1 unspecified atom stereocenters. The largest absolute Gasteiger partial charge is 0.368 e. The van der Waals surface area contributed by atoms with Gasteiger partial charge in [-0.3, -0.25) is 9.59 Å². The first-order valence-corrected chi connectivity index (χ1v) is 10.8. The molecule has 5 N–H and O–H groups in total. The summed E-state index contributed by atoms with van der Waals surface area (Å²) in [7, 11) is 1.63. The van der Waals surface area contributed by atoms with Crippen molar-refractivity contribution in [1.29, 1.82) is 10.5 Å². The molecule has 0 bridgehead atoms. The van der Waals surface area contributed by atoms with E-state index < -0.39 is 11.2 Å². The average molecular weight is 488 g/mol. The maximum Gasteiger partial charge on any atom is 0.239 e. The summed E-state index contributed by atoms with van der Waals surface area (Å²) in [4.78, 5) is 30.4. The van der Waals surface area contributed by atoms with Crippen molar-refractivity contribution in [3.63, 3.8) is 0 Å². The Morgan fingerprint density at radius 3 is 2.36 bits per heavy atom. The molecule has 0 saturated carbocycles. The van der Waals surface area contributed by atoms with Crippen molar-refractivity contribution in [3.8, 4) is 12.1 Å². The van der Waals surface area contributed by atoms with Crippen molar-refractivity contribution in [2.75, 3.05) is 31.6 Å². The predicted octanol–water partition coefficient (Wildman–Crippen LogP) is 1.64. The van der Waals surface area contributed by atoms with E-state index >= 15 is 0 Å². The molecule has 1 aromatic carbocycles. The second-order valence-corrected chi connectivity index (χ2v) is 7.95. The predicted molar refractivity (Wildman–Crippen MR) is 130 cm³/mol. The number of amides is 2. The van der Waals surface area contributed by atoms with Crippen LogP contribution in [-0.4, -0.2) is 43.5 Å². The number of halogens is 1. The zero-order chi connectivity index (χ0) is 23.7. The number of rotatable bonds is 10. The van der Waals surface area contributed by atoms with Gasteiger partial charge in [0.1, 0.15) is 28.2 Å². The molecule has 0 spiro atoms.